The number of carbonyl (C=O) groups excluding carboxylic acids is 3. The fraction of sp³-hybridized carbons (Fsp3) is 0.286. The molecule has 0 heterocycles. The topological polar surface area (TPSA) is 100 Å². The summed E-state index contributed by atoms with van der Waals surface area (Å²) in [6.07, 6.45) is -1.08. The first kappa shape index (κ1) is 21.7. The third kappa shape index (κ3) is 5.25. The summed E-state index contributed by atoms with van der Waals surface area (Å²) in [4.78, 5) is 36.2. The van der Waals surface area contributed by atoms with Gasteiger partial charge in [0.1, 0.15) is 11.3 Å². The summed E-state index contributed by atoms with van der Waals surface area (Å²) in [5.41, 5.74) is 1.10. The fourth-order valence-corrected chi connectivity index (χ4v) is 2.50. The molecule has 0 fully saturated rings. The van der Waals surface area contributed by atoms with Gasteiger partial charge >= 0.3 is 5.97 Å². The van der Waals surface area contributed by atoms with Crippen LogP contribution in [0.3, 0.4) is 0 Å². The third-order valence-electron chi connectivity index (χ3n) is 4.14. The van der Waals surface area contributed by atoms with Gasteiger partial charge in [-0.2, -0.15) is 0 Å². The van der Waals surface area contributed by atoms with Crippen molar-refractivity contribution in [3.05, 3.63) is 47.5 Å². The molecule has 154 valence electrons. The standard InChI is InChI=1S/C21H23NO7/c1-12(23)14-6-8-15(9-7-14)22-20(24)13(2)29-21(25)16-10-18(27-4)19(28-5)11-17(16)26-3/h6-11,13H,1-5H3,(H,22,24)/t13-/m1/s1. The number of amides is 1. The molecule has 2 aromatic rings. The van der Waals surface area contributed by atoms with Crippen molar-refractivity contribution in [2.24, 2.45) is 0 Å². The number of rotatable bonds is 8. The van der Waals surface area contributed by atoms with E-state index in [1.54, 1.807) is 24.3 Å². The van der Waals surface area contributed by atoms with Gasteiger partial charge in [0.2, 0.25) is 0 Å². The van der Waals surface area contributed by atoms with Gasteiger partial charge in [-0.25, -0.2) is 4.79 Å². The van der Waals surface area contributed by atoms with Crippen LogP contribution in [-0.4, -0.2) is 45.1 Å². The Hall–Kier alpha value is -3.55. The van der Waals surface area contributed by atoms with Gasteiger partial charge in [0.05, 0.1) is 21.3 Å². The minimum absolute atomic E-state index is 0.0750. The van der Waals surface area contributed by atoms with Crippen LogP contribution in [0, 0.1) is 0 Å². The predicted octanol–water partition coefficient (Wildman–Crippen LogP) is 3.10. The number of carbonyl (C=O) groups is 3. The Bertz CT molecular complexity index is 906. The molecule has 8 heteroatoms. The van der Waals surface area contributed by atoms with Gasteiger partial charge in [0.15, 0.2) is 23.4 Å². The first-order valence-electron chi connectivity index (χ1n) is 8.73. The number of ketones is 1. The van der Waals surface area contributed by atoms with Crippen LogP contribution in [0.1, 0.15) is 34.6 Å². The van der Waals surface area contributed by atoms with Gasteiger partial charge < -0.3 is 24.3 Å². The minimum Gasteiger partial charge on any atom is -0.496 e. The Kier molecular flexibility index (Phi) is 7.19. The van der Waals surface area contributed by atoms with E-state index in [1.807, 2.05) is 0 Å². The molecule has 2 aromatic carbocycles. The molecule has 0 saturated heterocycles. The minimum atomic E-state index is -1.08. The zero-order valence-electron chi connectivity index (χ0n) is 16.9. The lowest BCUT2D eigenvalue weighted by atomic mass is 10.1. The number of Topliss-reactive ketones (excluding diaryl/α,β-unsaturated/α-hetero) is 1. The SMILES string of the molecule is COc1cc(OC)c(C(=O)O[C@H](C)C(=O)Nc2ccc(C(C)=O)cc2)cc1OC. The van der Waals surface area contributed by atoms with E-state index in [0.29, 0.717) is 22.7 Å². The molecule has 2 rings (SSSR count). The molecule has 0 aromatic heterocycles. The number of benzene rings is 2. The average molecular weight is 401 g/mol. The molecule has 0 aliphatic rings. The smallest absolute Gasteiger partial charge is 0.342 e. The molecule has 8 nitrogen and oxygen atoms in total. The van der Waals surface area contributed by atoms with E-state index >= 15 is 0 Å². The Morgan fingerprint density at radius 1 is 0.862 bits per heavy atom. The van der Waals surface area contributed by atoms with Gasteiger partial charge in [-0.05, 0) is 38.1 Å². The van der Waals surface area contributed by atoms with E-state index in [9.17, 15) is 14.4 Å². The Morgan fingerprint density at radius 3 is 1.93 bits per heavy atom. The maximum absolute atomic E-state index is 12.6. The number of esters is 1. The monoisotopic (exact) mass is 401 g/mol. The van der Waals surface area contributed by atoms with Crippen LogP contribution in [0.2, 0.25) is 0 Å². The predicted molar refractivity (Wildman–Crippen MR) is 106 cm³/mol. The third-order valence-corrected chi connectivity index (χ3v) is 4.14. The zero-order chi connectivity index (χ0) is 21.6. The van der Waals surface area contributed by atoms with E-state index in [0.717, 1.165) is 0 Å². The summed E-state index contributed by atoms with van der Waals surface area (Å²) in [6, 6.07) is 9.31. The molecule has 0 aliphatic carbocycles. The summed E-state index contributed by atoms with van der Waals surface area (Å²) in [7, 11) is 4.30. The molecule has 0 bridgehead atoms. The molecule has 29 heavy (non-hydrogen) atoms. The molecule has 1 N–H and O–H groups in total. The summed E-state index contributed by atoms with van der Waals surface area (Å²) in [6.45, 7) is 2.90. The number of anilines is 1. The number of nitrogens with one attached hydrogen (secondary N) is 1. The van der Waals surface area contributed by atoms with Crippen molar-refractivity contribution in [3.8, 4) is 17.2 Å². The number of hydrogen-bond acceptors (Lipinski definition) is 7. The molecular weight excluding hydrogens is 378 g/mol. The summed E-state index contributed by atoms with van der Waals surface area (Å²) < 4.78 is 20.9. The highest BCUT2D eigenvalue weighted by molar-refractivity contribution is 5.99. The number of methoxy groups -OCH3 is 3. The second-order valence-corrected chi connectivity index (χ2v) is 6.08. The molecule has 1 amide bonds. The first-order chi connectivity index (χ1) is 13.8. The van der Waals surface area contributed by atoms with Gasteiger partial charge in [-0.3, -0.25) is 9.59 Å². The molecule has 0 unspecified atom stereocenters. The van der Waals surface area contributed by atoms with E-state index in [-0.39, 0.29) is 17.1 Å². The maximum Gasteiger partial charge on any atom is 0.342 e. The number of ether oxygens (including phenoxy) is 4. The van der Waals surface area contributed by atoms with Crippen molar-refractivity contribution >= 4 is 23.3 Å². The van der Waals surface area contributed by atoms with E-state index in [1.165, 1.54) is 47.3 Å². The van der Waals surface area contributed by atoms with Crippen LogP contribution in [-0.2, 0) is 9.53 Å². The van der Waals surface area contributed by atoms with E-state index in [4.69, 9.17) is 18.9 Å². The van der Waals surface area contributed by atoms with Crippen molar-refractivity contribution in [2.75, 3.05) is 26.6 Å². The van der Waals surface area contributed by atoms with Gasteiger partial charge in [0, 0.05) is 23.4 Å². The van der Waals surface area contributed by atoms with Gasteiger partial charge in [-0.1, -0.05) is 0 Å². The molecule has 0 spiro atoms. The van der Waals surface area contributed by atoms with Crippen LogP contribution in [0.5, 0.6) is 17.2 Å². The highest BCUT2D eigenvalue weighted by atomic mass is 16.6. The van der Waals surface area contributed by atoms with Crippen molar-refractivity contribution in [2.45, 2.75) is 20.0 Å². The Labute approximate surface area is 168 Å². The first-order valence-corrected chi connectivity index (χ1v) is 8.73. The Morgan fingerprint density at radius 2 is 1.41 bits per heavy atom. The lowest BCUT2D eigenvalue weighted by molar-refractivity contribution is -0.123. The second kappa shape index (κ2) is 9.59. The van der Waals surface area contributed by atoms with Crippen LogP contribution < -0.4 is 19.5 Å². The van der Waals surface area contributed by atoms with E-state index in [2.05, 4.69) is 5.32 Å². The summed E-state index contributed by atoms with van der Waals surface area (Å²) in [5.74, 6) is -0.413. The van der Waals surface area contributed by atoms with Crippen molar-refractivity contribution in [1.82, 2.24) is 0 Å². The van der Waals surface area contributed by atoms with Crippen LogP contribution in [0.15, 0.2) is 36.4 Å². The van der Waals surface area contributed by atoms with E-state index < -0.39 is 18.0 Å². The highest BCUT2D eigenvalue weighted by Gasteiger charge is 2.23. The molecular formula is C21H23NO7. The molecule has 0 radical (unpaired) electrons. The van der Waals surface area contributed by atoms with Crippen molar-refractivity contribution in [1.29, 1.82) is 0 Å². The van der Waals surface area contributed by atoms with Crippen LogP contribution in [0.4, 0.5) is 5.69 Å². The molecule has 0 saturated carbocycles. The summed E-state index contributed by atoms with van der Waals surface area (Å²) in [5, 5.41) is 2.63. The fourth-order valence-electron chi connectivity index (χ4n) is 2.50. The van der Waals surface area contributed by atoms with Gasteiger partial charge in [-0.15, -0.1) is 0 Å². The second-order valence-electron chi connectivity index (χ2n) is 6.08. The lowest BCUT2D eigenvalue weighted by Crippen LogP contribution is -2.30. The summed E-state index contributed by atoms with van der Waals surface area (Å²) >= 11 is 0. The quantitative estimate of drug-likeness (QED) is 0.536. The lowest BCUT2D eigenvalue weighted by Gasteiger charge is -2.16. The normalized spacial score (nSPS) is 11.2. The Balaban J connectivity index is 2.11. The zero-order valence-corrected chi connectivity index (χ0v) is 16.9. The maximum atomic E-state index is 12.6. The van der Waals surface area contributed by atoms with Crippen molar-refractivity contribution in [3.63, 3.8) is 0 Å². The highest BCUT2D eigenvalue weighted by Crippen LogP contribution is 2.35. The largest absolute Gasteiger partial charge is 0.496 e. The van der Waals surface area contributed by atoms with Crippen LogP contribution >= 0.6 is 0 Å². The molecule has 1 atom stereocenters. The van der Waals surface area contributed by atoms with Gasteiger partial charge in [0.25, 0.3) is 5.91 Å². The number of hydrogen-bond donors (Lipinski definition) is 1. The van der Waals surface area contributed by atoms with Crippen molar-refractivity contribution < 1.29 is 33.3 Å². The molecule has 0 aliphatic heterocycles. The van der Waals surface area contributed by atoms with Crippen LogP contribution in [0.25, 0.3) is 0 Å². The average Bonchev–Trinajstić information content (AvgIpc) is 2.72.